The highest BCUT2D eigenvalue weighted by Gasteiger charge is 2.42. The molecule has 2 aliphatic rings. The molecule has 0 spiro atoms. The number of hydrogen-bond donors (Lipinski definition) is 1. The fourth-order valence-electron chi connectivity index (χ4n) is 4.15. The number of carbonyl (C=O) groups excluding carboxylic acids is 3. The number of H-pyrrole nitrogens is 1. The van der Waals surface area contributed by atoms with E-state index in [0.717, 1.165) is 19.3 Å². The summed E-state index contributed by atoms with van der Waals surface area (Å²) in [6.45, 7) is 5.66. The quantitative estimate of drug-likeness (QED) is 0.671. The van der Waals surface area contributed by atoms with Crippen LogP contribution in [0.1, 0.15) is 65.2 Å². The standard InChI is InChI=1S/C19H25NO5/c1-9-6-5-7-13(9)25-19(23)16-11(3)15-12(20-16)8-10(2)14(17(15)21)18(22)24-4/h9-10,13-14,20H,5-8H2,1-4H3/t9-,10+,13+,14-/m0/s1. The fraction of sp³-hybridized carbons (Fsp3) is 0.632. The minimum atomic E-state index is -0.814. The number of aromatic nitrogens is 1. The first-order chi connectivity index (χ1) is 11.8. The molecular formula is C19H25NO5. The van der Waals surface area contributed by atoms with Crippen LogP contribution in [0.2, 0.25) is 0 Å². The normalized spacial score (nSPS) is 28.6. The molecule has 1 aromatic rings. The van der Waals surface area contributed by atoms with E-state index in [1.165, 1.54) is 7.11 Å². The van der Waals surface area contributed by atoms with Gasteiger partial charge in [-0.1, -0.05) is 13.8 Å². The first kappa shape index (κ1) is 17.7. The maximum atomic E-state index is 12.8. The molecule has 2 aliphatic carbocycles. The Morgan fingerprint density at radius 1 is 1.16 bits per heavy atom. The van der Waals surface area contributed by atoms with Crippen LogP contribution in [0.15, 0.2) is 0 Å². The molecule has 0 aliphatic heterocycles. The third kappa shape index (κ3) is 2.98. The number of ketones is 1. The largest absolute Gasteiger partial charge is 0.468 e. The van der Waals surface area contributed by atoms with Crippen LogP contribution < -0.4 is 0 Å². The zero-order chi connectivity index (χ0) is 18.3. The zero-order valence-electron chi connectivity index (χ0n) is 15.2. The van der Waals surface area contributed by atoms with E-state index in [1.807, 2.05) is 6.92 Å². The molecule has 1 saturated carbocycles. The van der Waals surface area contributed by atoms with Crippen LogP contribution in [0.4, 0.5) is 0 Å². The summed E-state index contributed by atoms with van der Waals surface area (Å²) in [5.74, 6) is -1.84. The Morgan fingerprint density at radius 2 is 1.88 bits per heavy atom. The van der Waals surface area contributed by atoms with Gasteiger partial charge in [0.2, 0.25) is 0 Å². The van der Waals surface area contributed by atoms with Crippen LogP contribution >= 0.6 is 0 Å². The van der Waals surface area contributed by atoms with E-state index in [0.29, 0.717) is 34.9 Å². The van der Waals surface area contributed by atoms with Crippen LogP contribution in [0.3, 0.4) is 0 Å². The van der Waals surface area contributed by atoms with E-state index in [1.54, 1.807) is 6.92 Å². The van der Waals surface area contributed by atoms with Crippen molar-refractivity contribution in [2.24, 2.45) is 17.8 Å². The van der Waals surface area contributed by atoms with Crippen LogP contribution in [-0.2, 0) is 20.7 Å². The van der Waals surface area contributed by atoms with Crippen molar-refractivity contribution in [1.29, 1.82) is 0 Å². The molecule has 6 heteroatoms. The number of nitrogens with one attached hydrogen (secondary N) is 1. The predicted octanol–water partition coefficient (Wildman–Crippen LogP) is 2.83. The highest BCUT2D eigenvalue weighted by atomic mass is 16.5. The number of esters is 2. The second kappa shape index (κ2) is 6.65. The van der Waals surface area contributed by atoms with Crippen molar-refractivity contribution in [2.75, 3.05) is 7.11 Å². The second-order valence-corrected chi connectivity index (χ2v) is 7.38. The van der Waals surface area contributed by atoms with Crippen molar-refractivity contribution in [2.45, 2.75) is 52.6 Å². The molecule has 0 bridgehead atoms. The summed E-state index contributed by atoms with van der Waals surface area (Å²) in [6, 6.07) is 0. The van der Waals surface area contributed by atoms with Gasteiger partial charge in [-0.3, -0.25) is 9.59 Å². The number of methoxy groups -OCH3 is 1. The van der Waals surface area contributed by atoms with E-state index in [2.05, 4.69) is 11.9 Å². The molecule has 136 valence electrons. The van der Waals surface area contributed by atoms with Crippen LogP contribution in [0.25, 0.3) is 0 Å². The summed E-state index contributed by atoms with van der Waals surface area (Å²) in [4.78, 5) is 40.4. The zero-order valence-corrected chi connectivity index (χ0v) is 15.2. The molecule has 3 rings (SSSR count). The summed E-state index contributed by atoms with van der Waals surface area (Å²) in [6.07, 6.45) is 3.47. The number of ether oxygens (including phenoxy) is 2. The lowest BCUT2D eigenvalue weighted by atomic mass is 9.77. The average molecular weight is 347 g/mol. The number of hydrogen-bond acceptors (Lipinski definition) is 5. The minimum absolute atomic E-state index is 0.0651. The van der Waals surface area contributed by atoms with Gasteiger partial charge in [-0.25, -0.2) is 4.79 Å². The van der Waals surface area contributed by atoms with Gasteiger partial charge in [0.25, 0.3) is 0 Å². The summed E-state index contributed by atoms with van der Waals surface area (Å²) >= 11 is 0. The first-order valence-corrected chi connectivity index (χ1v) is 8.89. The highest BCUT2D eigenvalue weighted by molar-refractivity contribution is 6.12. The Hall–Kier alpha value is -2.11. The van der Waals surface area contributed by atoms with Crippen molar-refractivity contribution in [3.8, 4) is 0 Å². The van der Waals surface area contributed by atoms with Gasteiger partial charge in [0.1, 0.15) is 17.7 Å². The lowest BCUT2D eigenvalue weighted by Gasteiger charge is -2.25. The van der Waals surface area contributed by atoms with Gasteiger partial charge in [-0.2, -0.15) is 0 Å². The minimum Gasteiger partial charge on any atom is -0.468 e. The third-order valence-corrected chi connectivity index (χ3v) is 5.65. The number of rotatable bonds is 3. The van der Waals surface area contributed by atoms with E-state index >= 15 is 0 Å². The Bertz CT molecular complexity index is 720. The SMILES string of the molecule is COC(=O)[C@@H]1C(=O)c2c([nH]c(C(=O)O[C@@H]3CCC[C@@H]3C)c2C)C[C@H]1C. The third-order valence-electron chi connectivity index (χ3n) is 5.65. The maximum absolute atomic E-state index is 12.8. The van der Waals surface area contributed by atoms with Gasteiger partial charge in [0, 0.05) is 11.3 Å². The summed E-state index contributed by atoms with van der Waals surface area (Å²) in [5, 5.41) is 0. The predicted molar refractivity (Wildman–Crippen MR) is 90.5 cm³/mol. The number of fused-ring (bicyclic) bond motifs is 1. The molecule has 0 unspecified atom stereocenters. The molecule has 6 nitrogen and oxygen atoms in total. The van der Waals surface area contributed by atoms with Crippen LogP contribution in [0.5, 0.6) is 0 Å². The van der Waals surface area contributed by atoms with E-state index in [-0.39, 0.29) is 17.8 Å². The summed E-state index contributed by atoms with van der Waals surface area (Å²) in [5.41, 5.74) is 2.05. The molecule has 0 aromatic carbocycles. The fourth-order valence-corrected chi connectivity index (χ4v) is 4.15. The van der Waals surface area contributed by atoms with Crippen LogP contribution in [0, 0.1) is 24.7 Å². The van der Waals surface area contributed by atoms with E-state index in [9.17, 15) is 14.4 Å². The van der Waals surface area contributed by atoms with Crippen molar-refractivity contribution in [3.05, 3.63) is 22.5 Å². The van der Waals surface area contributed by atoms with Crippen LogP contribution in [-0.4, -0.2) is 35.9 Å². The molecule has 0 amide bonds. The molecule has 1 heterocycles. The smallest absolute Gasteiger partial charge is 0.355 e. The van der Waals surface area contributed by atoms with Crippen molar-refractivity contribution >= 4 is 17.7 Å². The van der Waals surface area contributed by atoms with E-state index < -0.39 is 17.9 Å². The number of Topliss-reactive ketones (excluding diaryl/α,β-unsaturated/α-hetero) is 1. The first-order valence-electron chi connectivity index (χ1n) is 8.89. The molecular weight excluding hydrogens is 322 g/mol. The lowest BCUT2D eigenvalue weighted by molar-refractivity contribution is -0.145. The van der Waals surface area contributed by atoms with Gasteiger partial charge in [0.15, 0.2) is 5.78 Å². The second-order valence-electron chi connectivity index (χ2n) is 7.38. The Balaban J connectivity index is 1.88. The topological polar surface area (TPSA) is 85.5 Å². The Labute approximate surface area is 147 Å². The van der Waals surface area contributed by atoms with Crippen molar-refractivity contribution in [3.63, 3.8) is 0 Å². The maximum Gasteiger partial charge on any atom is 0.355 e. The summed E-state index contributed by atoms with van der Waals surface area (Å²) in [7, 11) is 1.29. The molecule has 25 heavy (non-hydrogen) atoms. The van der Waals surface area contributed by atoms with Gasteiger partial charge >= 0.3 is 11.9 Å². The Kier molecular flexibility index (Phi) is 4.71. The average Bonchev–Trinajstić information content (AvgIpc) is 3.10. The van der Waals surface area contributed by atoms with Gasteiger partial charge in [0.05, 0.1) is 7.11 Å². The molecule has 1 N–H and O–H groups in total. The van der Waals surface area contributed by atoms with Crippen molar-refractivity contribution < 1.29 is 23.9 Å². The highest BCUT2D eigenvalue weighted by Crippen LogP contribution is 2.35. The van der Waals surface area contributed by atoms with Gasteiger partial charge in [-0.15, -0.1) is 0 Å². The molecule has 1 fully saturated rings. The molecule has 1 aromatic heterocycles. The Morgan fingerprint density at radius 3 is 2.48 bits per heavy atom. The lowest BCUT2D eigenvalue weighted by Crippen LogP contribution is -2.36. The molecule has 0 radical (unpaired) electrons. The molecule has 0 saturated heterocycles. The van der Waals surface area contributed by atoms with Crippen molar-refractivity contribution in [1.82, 2.24) is 4.98 Å². The van der Waals surface area contributed by atoms with E-state index in [4.69, 9.17) is 9.47 Å². The monoisotopic (exact) mass is 347 g/mol. The summed E-state index contributed by atoms with van der Waals surface area (Å²) < 4.78 is 10.4. The van der Waals surface area contributed by atoms with Gasteiger partial charge in [-0.05, 0) is 50.0 Å². The number of aromatic amines is 1. The van der Waals surface area contributed by atoms with Gasteiger partial charge < -0.3 is 14.5 Å². The molecule has 4 atom stereocenters. The number of carbonyl (C=O) groups is 3.